The first-order valence-corrected chi connectivity index (χ1v) is 11.0. The molecule has 1 heterocycles. The molecule has 7 heteroatoms. The van der Waals surface area contributed by atoms with Crippen molar-refractivity contribution in [1.29, 1.82) is 0 Å². The number of halogens is 1. The van der Waals surface area contributed by atoms with E-state index in [1.807, 2.05) is 29.2 Å². The standard InChI is InChI=1S/C25H34N4O2.HI/c1-19(20-10-12-23(31-3)13-11-20)14-15-27-25(26-2)28-17-21-7-4-5-8-22(21)18-29-16-6-9-24(29)30;/h4-5,7-8,10-13,19H,6,9,14-18H2,1-3H3,(H2,26,27,28);1H. The SMILES string of the molecule is CN=C(NCCC(C)c1ccc(OC)cc1)NCc1ccccc1CN1CCCC1=O.I. The number of nitrogens with zero attached hydrogens (tertiary/aromatic N) is 2. The van der Waals surface area contributed by atoms with Crippen LogP contribution in [0, 0.1) is 0 Å². The molecular weight excluding hydrogens is 515 g/mol. The molecule has 0 aromatic heterocycles. The van der Waals surface area contributed by atoms with Crippen LogP contribution >= 0.6 is 24.0 Å². The van der Waals surface area contributed by atoms with Crippen LogP contribution < -0.4 is 15.4 Å². The number of carbonyl (C=O) groups excluding carboxylic acids is 1. The molecule has 0 radical (unpaired) electrons. The molecule has 174 valence electrons. The van der Waals surface area contributed by atoms with Gasteiger partial charge in [-0.1, -0.05) is 43.3 Å². The van der Waals surface area contributed by atoms with E-state index in [1.54, 1.807) is 14.2 Å². The number of rotatable bonds is 9. The van der Waals surface area contributed by atoms with Crippen molar-refractivity contribution in [2.24, 2.45) is 4.99 Å². The number of benzene rings is 2. The molecule has 2 aromatic carbocycles. The van der Waals surface area contributed by atoms with Crippen LogP contribution in [0.2, 0.25) is 0 Å². The van der Waals surface area contributed by atoms with E-state index in [9.17, 15) is 4.79 Å². The molecule has 32 heavy (non-hydrogen) atoms. The number of guanidine groups is 1. The first-order chi connectivity index (χ1) is 15.1. The van der Waals surface area contributed by atoms with Crippen molar-refractivity contribution in [2.45, 2.75) is 45.2 Å². The fraction of sp³-hybridized carbons (Fsp3) is 0.440. The summed E-state index contributed by atoms with van der Waals surface area (Å²) in [6.07, 6.45) is 2.64. The summed E-state index contributed by atoms with van der Waals surface area (Å²) in [5, 5.41) is 6.82. The number of nitrogens with one attached hydrogen (secondary N) is 2. The van der Waals surface area contributed by atoms with Crippen molar-refractivity contribution in [1.82, 2.24) is 15.5 Å². The Morgan fingerprint density at radius 2 is 1.84 bits per heavy atom. The average molecular weight is 550 g/mol. The molecule has 1 atom stereocenters. The van der Waals surface area contributed by atoms with Crippen molar-refractivity contribution in [3.05, 3.63) is 65.2 Å². The molecule has 1 amide bonds. The molecule has 2 N–H and O–H groups in total. The lowest BCUT2D eigenvalue weighted by Crippen LogP contribution is -2.38. The highest BCUT2D eigenvalue weighted by Crippen LogP contribution is 2.21. The third-order valence-corrected chi connectivity index (χ3v) is 5.88. The molecule has 1 aliphatic rings. The summed E-state index contributed by atoms with van der Waals surface area (Å²) >= 11 is 0. The molecule has 0 aliphatic carbocycles. The lowest BCUT2D eigenvalue weighted by atomic mass is 9.98. The summed E-state index contributed by atoms with van der Waals surface area (Å²) in [7, 11) is 3.47. The van der Waals surface area contributed by atoms with Gasteiger partial charge in [-0.2, -0.15) is 0 Å². The maximum atomic E-state index is 12.0. The summed E-state index contributed by atoms with van der Waals surface area (Å²) in [6, 6.07) is 16.6. The number of aliphatic imine (C=N–C) groups is 1. The Labute approximate surface area is 208 Å². The van der Waals surface area contributed by atoms with Gasteiger partial charge in [-0.15, -0.1) is 24.0 Å². The number of carbonyl (C=O) groups is 1. The van der Waals surface area contributed by atoms with Crippen molar-refractivity contribution < 1.29 is 9.53 Å². The van der Waals surface area contributed by atoms with Gasteiger partial charge in [0, 0.05) is 39.6 Å². The molecule has 1 saturated heterocycles. The van der Waals surface area contributed by atoms with Crippen LogP contribution in [0.5, 0.6) is 5.75 Å². The Kier molecular flexibility index (Phi) is 10.8. The van der Waals surface area contributed by atoms with E-state index in [-0.39, 0.29) is 29.9 Å². The van der Waals surface area contributed by atoms with E-state index in [1.165, 1.54) is 16.7 Å². The van der Waals surface area contributed by atoms with Gasteiger partial charge in [0.25, 0.3) is 0 Å². The van der Waals surface area contributed by atoms with Crippen LogP contribution in [0.25, 0.3) is 0 Å². The smallest absolute Gasteiger partial charge is 0.222 e. The largest absolute Gasteiger partial charge is 0.497 e. The van der Waals surface area contributed by atoms with Crippen LogP contribution in [0.1, 0.15) is 48.8 Å². The number of amides is 1. The van der Waals surface area contributed by atoms with Gasteiger partial charge in [0.05, 0.1) is 7.11 Å². The Bertz CT molecular complexity index is 886. The Balaban J connectivity index is 0.00000363. The first kappa shape index (κ1) is 26.0. The van der Waals surface area contributed by atoms with Crippen LogP contribution in [0.15, 0.2) is 53.5 Å². The highest BCUT2D eigenvalue weighted by atomic mass is 127. The van der Waals surface area contributed by atoms with Crippen molar-refractivity contribution in [3.63, 3.8) is 0 Å². The quantitative estimate of drug-likeness (QED) is 0.278. The molecule has 2 aromatic rings. The Hall–Kier alpha value is -2.29. The van der Waals surface area contributed by atoms with Crippen LogP contribution in [-0.4, -0.2) is 44.0 Å². The lowest BCUT2D eigenvalue weighted by Gasteiger charge is -2.19. The van der Waals surface area contributed by atoms with E-state index in [2.05, 4.69) is 46.8 Å². The van der Waals surface area contributed by atoms with Gasteiger partial charge >= 0.3 is 0 Å². The topological polar surface area (TPSA) is 66.0 Å². The van der Waals surface area contributed by atoms with Gasteiger partial charge in [-0.25, -0.2) is 0 Å². The first-order valence-electron chi connectivity index (χ1n) is 11.0. The monoisotopic (exact) mass is 550 g/mol. The van der Waals surface area contributed by atoms with Gasteiger partial charge in [-0.3, -0.25) is 9.79 Å². The van der Waals surface area contributed by atoms with E-state index in [0.717, 1.165) is 37.6 Å². The summed E-state index contributed by atoms with van der Waals surface area (Å²) in [5.41, 5.74) is 3.68. The highest BCUT2D eigenvalue weighted by molar-refractivity contribution is 14.0. The Morgan fingerprint density at radius 3 is 2.47 bits per heavy atom. The van der Waals surface area contributed by atoms with Crippen molar-refractivity contribution in [2.75, 3.05) is 27.2 Å². The minimum atomic E-state index is 0. The average Bonchev–Trinajstić information content (AvgIpc) is 3.21. The van der Waals surface area contributed by atoms with Crippen molar-refractivity contribution >= 4 is 35.8 Å². The fourth-order valence-electron chi connectivity index (χ4n) is 3.87. The van der Waals surface area contributed by atoms with Gasteiger partial charge in [0.1, 0.15) is 5.75 Å². The summed E-state index contributed by atoms with van der Waals surface area (Å²) in [6.45, 7) is 5.27. The molecule has 0 spiro atoms. The Morgan fingerprint density at radius 1 is 1.12 bits per heavy atom. The molecule has 1 fully saturated rings. The second-order valence-corrected chi connectivity index (χ2v) is 8.00. The second kappa shape index (κ2) is 13.3. The highest BCUT2D eigenvalue weighted by Gasteiger charge is 2.20. The van der Waals surface area contributed by atoms with E-state index >= 15 is 0 Å². The van der Waals surface area contributed by atoms with Crippen LogP contribution in [0.3, 0.4) is 0 Å². The third kappa shape index (κ3) is 7.39. The number of likely N-dealkylation sites (tertiary alicyclic amines) is 1. The number of methoxy groups -OCH3 is 1. The predicted octanol–water partition coefficient (Wildman–Crippen LogP) is 4.29. The minimum absolute atomic E-state index is 0. The zero-order valence-electron chi connectivity index (χ0n) is 19.3. The maximum Gasteiger partial charge on any atom is 0.222 e. The normalized spacial score (nSPS) is 14.7. The van der Waals surface area contributed by atoms with Crippen LogP contribution in [0.4, 0.5) is 0 Å². The number of hydrogen-bond acceptors (Lipinski definition) is 3. The summed E-state index contributed by atoms with van der Waals surface area (Å²) in [4.78, 5) is 18.3. The van der Waals surface area contributed by atoms with Crippen LogP contribution in [-0.2, 0) is 17.9 Å². The second-order valence-electron chi connectivity index (χ2n) is 8.00. The summed E-state index contributed by atoms with van der Waals surface area (Å²) in [5.74, 6) is 2.36. The molecule has 1 aliphatic heterocycles. The molecule has 0 saturated carbocycles. The zero-order chi connectivity index (χ0) is 22.1. The van der Waals surface area contributed by atoms with Gasteiger partial charge in [0.2, 0.25) is 5.91 Å². The maximum absolute atomic E-state index is 12.0. The number of hydrogen-bond donors (Lipinski definition) is 2. The number of ether oxygens (including phenoxy) is 1. The molecule has 6 nitrogen and oxygen atoms in total. The van der Waals surface area contributed by atoms with Crippen molar-refractivity contribution in [3.8, 4) is 5.75 Å². The van der Waals surface area contributed by atoms with E-state index < -0.39 is 0 Å². The van der Waals surface area contributed by atoms with Gasteiger partial charge in [-0.05, 0) is 47.6 Å². The van der Waals surface area contributed by atoms with E-state index in [0.29, 0.717) is 25.4 Å². The zero-order valence-corrected chi connectivity index (χ0v) is 21.6. The predicted molar refractivity (Wildman–Crippen MR) is 141 cm³/mol. The van der Waals surface area contributed by atoms with E-state index in [4.69, 9.17) is 4.74 Å². The summed E-state index contributed by atoms with van der Waals surface area (Å²) < 4.78 is 5.23. The molecular formula is C25H35IN4O2. The minimum Gasteiger partial charge on any atom is -0.497 e. The molecule has 1 unspecified atom stereocenters. The molecule has 3 rings (SSSR count). The molecule has 0 bridgehead atoms. The lowest BCUT2D eigenvalue weighted by molar-refractivity contribution is -0.128. The van der Waals surface area contributed by atoms with Gasteiger partial charge < -0.3 is 20.3 Å². The fourth-order valence-corrected chi connectivity index (χ4v) is 3.87. The van der Waals surface area contributed by atoms with Gasteiger partial charge in [0.15, 0.2) is 5.96 Å². The third-order valence-electron chi connectivity index (χ3n) is 5.88.